The van der Waals surface area contributed by atoms with Crippen molar-refractivity contribution < 1.29 is 9.47 Å². The van der Waals surface area contributed by atoms with Gasteiger partial charge in [-0.05, 0) is 18.6 Å². The molecule has 16 heavy (non-hydrogen) atoms. The third-order valence-corrected chi connectivity index (χ3v) is 2.55. The van der Waals surface area contributed by atoms with Crippen molar-refractivity contribution in [1.82, 2.24) is 9.97 Å². The van der Waals surface area contributed by atoms with Gasteiger partial charge in [-0.15, -0.1) is 0 Å². The molecule has 0 amide bonds. The lowest BCUT2D eigenvalue weighted by atomic mass is 10.2. The summed E-state index contributed by atoms with van der Waals surface area (Å²) in [4.78, 5) is 7.80. The second-order valence-corrected chi connectivity index (χ2v) is 3.63. The first-order chi connectivity index (χ1) is 7.80. The van der Waals surface area contributed by atoms with Crippen LogP contribution in [0.4, 0.5) is 0 Å². The molecule has 0 saturated carbocycles. The molecule has 4 heteroatoms. The zero-order valence-electron chi connectivity index (χ0n) is 9.83. The smallest absolute Gasteiger partial charge is 0.146 e. The molecule has 1 aromatic carbocycles. The molecule has 4 nitrogen and oxygen atoms in total. The van der Waals surface area contributed by atoms with Crippen LogP contribution in [-0.4, -0.2) is 24.2 Å². The average molecular weight is 220 g/mol. The van der Waals surface area contributed by atoms with E-state index in [-0.39, 0.29) is 0 Å². The minimum Gasteiger partial charge on any atom is -0.494 e. The summed E-state index contributed by atoms with van der Waals surface area (Å²) in [6.45, 7) is 2.13. The fraction of sp³-hybridized carbons (Fsp3) is 0.417. The minimum absolute atomic E-state index is 0.773. The number of benzene rings is 1. The molecular weight excluding hydrogens is 204 g/mol. The van der Waals surface area contributed by atoms with Gasteiger partial charge in [-0.1, -0.05) is 6.92 Å². The van der Waals surface area contributed by atoms with Crippen LogP contribution < -0.4 is 9.47 Å². The van der Waals surface area contributed by atoms with Gasteiger partial charge in [0.15, 0.2) is 0 Å². The number of nitrogens with one attached hydrogen (secondary N) is 1. The molecular formula is C12H16N2O2. The molecule has 1 heterocycles. The van der Waals surface area contributed by atoms with Crippen molar-refractivity contribution >= 4 is 11.0 Å². The molecule has 1 N–H and O–H groups in total. The Morgan fingerprint density at radius 1 is 1.19 bits per heavy atom. The van der Waals surface area contributed by atoms with E-state index in [1.54, 1.807) is 14.2 Å². The highest BCUT2D eigenvalue weighted by atomic mass is 16.5. The Kier molecular flexibility index (Phi) is 2.99. The van der Waals surface area contributed by atoms with E-state index in [1.165, 1.54) is 0 Å². The molecule has 0 aliphatic carbocycles. The first-order valence-corrected chi connectivity index (χ1v) is 5.39. The molecule has 0 aliphatic heterocycles. The number of H-pyrrole nitrogens is 1. The van der Waals surface area contributed by atoms with Crippen molar-refractivity contribution in [2.24, 2.45) is 0 Å². The number of aryl methyl sites for hydroxylation is 1. The van der Waals surface area contributed by atoms with Gasteiger partial charge >= 0.3 is 0 Å². The van der Waals surface area contributed by atoms with Gasteiger partial charge in [-0.25, -0.2) is 4.98 Å². The van der Waals surface area contributed by atoms with Gasteiger partial charge in [0.2, 0.25) is 0 Å². The molecule has 1 aromatic heterocycles. The van der Waals surface area contributed by atoms with Crippen LogP contribution in [0, 0.1) is 0 Å². The lowest BCUT2D eigenvalue weighted by Crippen LogP contribution is -1.88. The fourth-order valence-electron chi connectivity index (χ4n) is 1.78. The maximum atomic E-state index is 5.29. The molecule has 0 spiro atoms. The van der Waals surface area contributed by atoms with Crippen LogP contribution in [0.25, 0.3) is 11.0 Å². The van der Waals surface area contributed by atoms with E-state index in [4.69, 9.17) is 9.47 Å². The van der Waals surface area contributed by atoms with Crippen molar-refractivity contribution in [3.8, 4) is 11.5 Å². The van der Waals surface area contributed by atoms with Gasteiger partial charge in [-0.2, -0.15) is 0 Å². The van der Waals surface area contributed by atoms with Crippen molar-refractivity contribution in [2.45, 2.75) is 19.8 Å². The Hall–Kier alpha value is -1.71. The Morgan fingerprint density at radius 2 is 1.88 bits per heavy atom. The van der Waals surface area contributed by atoms with Crippen LogP contribution in [0.1, 0.15) is 19.2 Å². The van der Waals surface area contributed by atoms with Gasteiger partial charge in [0.1, 0.15) is 28.4 Å². The maximum Gasteiger partial charge on any atom is 0.146 e. The molecule has 0 saturated heterocycles. The number of methoxy groups -OCH3 is 2. The Balaban J connectivity index is 2.60. The normalized spacial score (nSPS) is 10.7. The van der Waals surface area contributed by atoms with Crippen LogP contribution in [0.2, 0.25) is 0 Å². The van der Waals surface area contributed by atoms with E-state index in [0.717, 1.165) is 41.2 Å². The van der Waals surface area contributed by atoms with Gasteiger partial charge in [0.05, 0.1) is 14.2 Å². The summed E-state index contributed by atoms with van der Waals surface area (Å²) in [7, 11) is 3.30. The molecule has 0 unspecified atom stereocenters. The largest absolute Gasteiger partial charge is 0.494 e. The Morgan fingerprint density at radius 3 is 2.50 bits per heavy atom. The Bertz CT molecular complexity index is 450. The average Bonchev–Trinajstić information content (AvgIpc) is 2.71. The van der Waals surface area contributed by atoms with E-state index >= 15 is 0 Å². The summed E-state index contributed by atoms with van der Waals surface area (Å²) in [6, 6.07) is 3.76. The van der Waals surface area contributed by atoms with E-state index in [1.807, 2.05) is 12.1 Å². The highest BCUT2D eigenvalue weighted by Crippen LogP contribution is 2.31. The van der Waals surface area contributed by atoms with Gasteiger partial charge < -0.3 is 14.5 Å². The quantitative estimate of drug-likeness (QED) is 0.861. The van der Waals surface area contributed by atoms with Crippen molar-refractivity contribution in [3.05, 3.63) is 18.0 Å². The topological polar surface area (TPSA) is 47.1 Å². The molecule has 0 fully saturated rings. The number of rotatable bonds is 4. The number of imidazole rings is 1. The first-order valence-electron chi connectivity index (χ1n) is 5.39. The standard InChI is InChI=1S/C12H16N2O2/c1-4-5-10-13-11-8(15-2)6-7-9(16-3)12(11)14-10/h6-7H,4-5H2,1-3H3,(H,13,14). The lowest BCUT2D eigenvalue weighted by Gasteiger charge is -2.04. The number of aromatic nitrogens is 2. The summed E-state index contributed by atoms with van der Waals surface area (Å²) >= 11 is 0. The number of hydrogen-bond acceptors (Lipinski definition) is 3. The van der Waals surface area contributed by atoms with E-state index in [0.29, 0.717) is 0 Å². The second-order valence-electron chi connectivity index (χ2n) is 3.63. The van der Waals surface area contributed by atoms with Crippen molar-refractivity contribution in [1.29, 1.82) is 0 Å². The van der Waals surface area contributed by atoms with E-state index in [9.17, 15) is 0 Å². The number of nitrogens with zero attached hydrogens (tertiary/aromatic N) is 1. The summed E-state index contributed by atoms with van der Waals surface area (Å²) in [5.41, 5.74) is 1.75. The predicted octanol–water partition coefficient (Wildman–Crippen LogP) is 2.53. The summed E-state index contributed by atoms with van der Waals surface area (Å²) in [5.74, 6) is 2.54. The van der Waals surface area contributed by atoms with Crippen molar-refractivity contribution in [2.75, 3.05) is 14.2 Å². The molecule has 2 aromatic rings. The third-order valence-electron chi connectivity index (χ3n) is 2.55. The first kappa shape index (κ1) is 10.8. The van der Waals surface area contributed by atoms with Crippen LogP contribution in [0.15, 0.2) is 12.1 Å². The number of ether oxygens (including phenoxy) is 2. The molecule has 0 aliphatic rings. The number of aromatic amines is 1. The molecule has 86 valence electrons. The van der Waals surface area contributed by atoms with Crippen LogP contribution in [0.5, 0.6) is 11.5 Å². The fourth-order valence-corrected chi connectivity index (χ4v) is 1.78. The van der Waals surface area contributed by atoms with Crippen LogP contribution in [-0.2, 0) is 6.42 Å². The summed E-state index contributed by atoms with van der Waals surface area (Å²) in [5, 5.41) is 0. The molecule has 2 rings (SSSR count). The number of hydrogen-bond donors (Lipinski definition) is 1. The van der Waals surface area contributed by atoms with Crippen LogP contribution >= 0.6 is 0 Å². The zero-order valence-corrected chi connectivity index (χ0v) is 9.83. The molecule has 0 atom stereocenters. The van der Waals surface area contributed by atoms with Gasteiger partial charge in [0, 0.05) is 6.42 Å². The van der Waals surface area contributed by atoms with Crippen molar-refractivity contribution in [3.63, 3.8) is 0 Å². The monoisotopic (exact) mass is 220 g/mol. The van der Waals surface area contributed by atoms with Crippen LogP contribution in [0.3, 0.4) is 0 Å². The minimum atomic E-state index is 0.773. The third kappa shape index (κ3) is 1.71. The molecule has 0 bridgehead atoms. The number of fused-ring (bicyclic) bond motifs is 1. The molecule has 0 radical (unpaired) electrons. The second kappa shape index (κ2) is 4.43. The predicted molar refractivity (Wildman–Crippen MR) is 63.2 cm³/mol. The SMILES string of the molecule is CCCc1nc2c(OC)ccc(OC)c2[nH]1. The van der Waals surface area contributed by atoms with Gasteiger partial charge in [-0.3, -0.25) is 0 Å². The van der Waals surface area contributed by atoms with Gasteiger partial charge in [0.25, 0.3) is 0 Å². The lowest BCUT2D eigenvalue weighted by molar-refractivity contribution is 0.409. The Labute approximate surface area is 94.6 Å². The highest BCUT2D eigenvalue weighted by Gasteiger charge is 2.11. The summed E-state index contributed by atoms with van der Waals surface area (Å²) < 4.78 is 10.6. The highest BCUT2D eigenvalue weighted by molar-refractivity contribution is 5.87. The summed E-state index contributed by atoms with van der Waals surface area (Å²) in [6.07, 6.45) is 1.99. The van der Waals surface area contributed by atoms with E-state index in [2.05, 4.69) is 16.9 Å². The zero-order chi connectivity index (χ0) is 11.5. The van der Waals surface area contributed by atoms with E-state index < -0.39 is 0 Å². The maximum absolute atomic E-state index is 5.29.